The van der Waals surface area contributed by atoms with Crippen molar-refractivity contribution in [3.05, 3.63) is 18.3 Å². The van der Waals surface area contributed by atoms with Gasteiger partial charge in [0, 0.05) is 12.1 Å². The molecule has 0 atom stereocenters. The Kier molecular flexibility index (Phi) is 3.08. The van der Waals surface area contributed by atoms with E-state index >= 15 is 0 Å². The molecule has 1 aliphatic carbocycles. The Morgan fingerprint density at radius 3 is 2.94 bits per heavy atom. The van der Waals surface area contributed by atoms with E-state index in [-0.39, 0.29) is 17.9 Å². The third-order valence-corrected chi connectivity index (χ3v) is 2.32. The molecule has 0 aliphatic heterocycles. The molecule has 1 heterocycles. The van der Waals surface area contributed by atoms with E-state index in [1.54, 1.807) is 12.3 Å². The third kappa shape index (κ3) is 2.72. The van der Waals surface area contributed by atoms with Crippen molar-refractivity contribution >= 4 is 11.7 Å². The summed E-state index contributed by atoms with van der Waals surface area (Å²) >= 11 is 0. The van der Waals surface area contributed by atoms with Gasteiger partial charge in [0.1, 0.15) is 0 Å². The van der Waals surface area contributed by atoms with Crippen LogP contribution in [-0.4, -0.2) is 17.0 Å². The van der Waals surface area contributed by atoms with E-state index < -0.39 is 0 Å². The number of nitrogens with zero attached hydrogens (tertiary/aromatic N) is 1. The van der Waals surface area contributed by atoms with Crippen LogP contribution in [0.5, 0.6) is 5.75 Å². The summed E-state index contributed by atoms with van der Waals surface area (Å²) in [7, 11) is 0. The molecule has 1 amide bonds. The number of hydrogen-bond acceptors (Lipinski definition) is 3. The zero-order valence-corrected chi connectivity index (χ0v) is 9.56. The van der Waals surface area contributed by atoms with Crippen LogP contribution in [0.4, 0.5) is 5.82 Å². The number of carbonyl (C=O) groups excluding carboxylic acids is 1. The summed E-state index contributed by atoms with van der Waals surface area (Å²) in [6, 6.07) is 3.61. The second-order valence-electron chi connectivity index (χ2n) is 4.28. The number of rotatable bonds is 4. The number of amides is 1. The van der Waals surface area contributed by atoms with Gasteiger partial charge in [-0.2, -0.15) is 0 Å². The molecule has 1 saturated carbocycles. The molecule has 1 aliphatic rings. The Hall–Kier alpha value is -1.58. The molecule has 0 bridgehead atoms. The van der Waals surface area contributed by atoms with Gasteiger partial charge >= 0.3 is 0 Å². The molecule has 2 rings (SSSR count). The van der Waals surface area contributed by atoms with Crippen molar-refractivity contribution < 1.29 is 9.53 Å². The predicted molar refractivity (Wildman–Crippen MR) is 61.4 cm³/mol. The van der Waals surface area contributed by atoms with Gasteiger partial charge in [0.25, 0.3) is 0 Å². The van der Waals surface area contributed by atoms with Gasteiger partial charge in [-0.05, 0) is 38.8 Å². The lowest BCUT2D eigenvalue weighted by Gasteiger charge is -2.13. The summed E-state index contributed by atoms with van der Waals surface area (Å²) in [4.78, 5) is 15.7. The number of pyridine rings is 1. The van der Waals surface area contributed by atoms with E-state index in [0.29, 0.717) is 11.6 Å². The lowest BCUT2D eigenvalue weighted by Crippen LogP contribution is -2.16. The molecule has 0 radical (unpaired) electrons. The molecule has 0 spiro atoms. The van der Waals surface area contributed by atoms with Crippen LogP contribution in [0.15, 0.2) is 18.3 Å². The lowest BCUT2D eigenvalue weighted by molar-refractivity contribution is -0.117. The molecular weight excluding hydrogens is 204 g/mol. The van der Waals surface area contributed by atoms with Crippen molar-refractivity contribution in [1.82, 2.24) is 4.98 Å². The van der Waals surface area contributed by atoms with Gasteiger partial charge in [-0.25, -0.2) is 4.98 Å². The van der Waals surface area contributed by atoms with Crippen molar-refractivity contribution in [3.63, 3.8) is 0 Å². The minimum Gasteiger partial charge on any atom is -0.487 e. The largest absolute Gasteiger partial charge is 0.487 e. The molecule has 4 heteroatoms. The fourth-order valence-electron chi connectivity index (χ4n) is 1.40. The quantitative estimate of drug-likeness (QED) is 0.846. The van der Waals surface area contributed by atoms with Crippen molar-refractivity contribution in [2.45, 2.75) is 32.8 Å². The Balaban J connectivity index is 2.08. The van der Waals surface area contributed by atoms with Crippen molar-refractivity contribution in [3.8, 4) is 5.75 Å². The van der Waals surface area contributed by atoms with Gasteiger partial charge in [0.2, 0.25) is 5.91 Å². The molecule has 1 aromatic heterocycles. The lowest BCUT2D eigenvalue weighted by atomic mass is 10.3. The highest BCUT2D eigenvalue weighted by Crippen LogP contribution is 2.31. The number of carbonyl (C=O) groups is 1. The maximum atomic E-state index is 11.6. The molecule has 0 aromatic carbocycles. The highest BCUT2D eigenvalue weighted by molar-refractivity contribution is 5.94. The van der Waals surface area contributed by atoms with E-state index in [1.807, 2.05) is 19.9 Å². The number of nitrogens with one attached hydrogen (secondary N) is 1. The minimum atomic E-state index is 0.0484. The van der Waals surface area contributed by atoms with Gasteiger partial charge in [-0.3, -0.25) is 4.79 Å². The van der Waals surface area contributed by atoms with E-state index in [0.717, 1.165) is 12.8 Å². The van der Waals surface area contributed by atoms with Crippen LogP contribution < -0.4 is 10.1 Å². The van der Waals surface area contributed by atoms with E-state index in [4.69, 9.17) is 4.74 Å². The van der Waals surface area contributed by atoms with Gasteiger partial charge in [-0.15, -0.1) is 0 Å². The van der Waals surface area contributed by atoms with Crippen molar-refractivity contribution in [1.29, 1.82) is 0 Å². The summed E-state index contributed by atoms with van der Waals surface area (Å²) in [6.45, 7) is 3.89. The smallest absolute Gasteiger partial charge is 0.228 e. The summed E-state index contributed by atoms with van der Waals surface area (Å²) in [5.74, 6) is 1.38. The normalized spacial score (nSPS) is 14.9. The molecule has 16 heavy (non-hydrogen) atoms. The highest BCUT2D eigenvalue weighted by atomic mass is 16.5. The molecule has 1 aromatic rings. The fraction of sp³-hybridized carbons (Fsp3) is 0.500. The summed E-state index contributed by atoms with van der Waals surface area (Å²) in [6.07, 6.45) is 3.69. The van der Waals surface area contributed by atoms with E-state index in [2.05, 4.69) is 10.3 Å². The highest BCUT2D eigenvalue weighted by Gasteiger charge is 2.30. The first-order valence-corrected chi connectivity index (χ1v) is 5.59. The maximum absolute atomic E-state index is 11.6. The van der Waals surface area contributed by atoms with Crippen LogP contribution in [0, 0.1) is 5.92 Å². The Labute approximate surface area is 95.0 Å². The number of aromatic nitrogens is 1. The van der Waals surface area contributed by atoms with E-state index in [1.165, 1.54) is 0 Å². The first-order chi connectivity index (χ1) is 7.66. The molecule has 0 unspecified atom stereocenters. The van der Waals surface area contributed by atoms with Gasteiger partial charge in [0.15, 0.2) is 11.6 Å². The van der Waals surface area contributed by atoms with Crippen LogP contribution in [0.3, 0.4) is 0 Å². The average molecular weight is 220 g/mol. The first-order valence-electron chi connectivity index (χ1n) is 5.59. The molecule has 1 N–H and O–H groups in total. The second kappa shape index (κ2) is 4.51. The Morgan fingerprint density at radius 1 is 1.56 bits per heavy atom. The van der Waals surface area contributed by atoms with Crippen LogP contribution in [-0.2, 0) is 4.79 Å². The van der Waals surface area contributed by atoms with Crippen molar-refractivity contribution in [2.24, 2.45) is 5.92 Å². The van der Waals surface area contributed by atoms with Gasteiger partial charge < -0.3 is 10.1 Å². The topological polar surface area (TPSA) is 51.2 Å². The standard InChI is InChI=1S/C12H16N2O2/c1-8(2)16-10-4-3-7-13-11(10)14-12(15)9-5-6-9/h3-4,7-9H,5-6H2,1-2H3,(H,13,14,15). The number of hydrogen-bond donors (Lipinski definition) is 1. The Bertz CT molecular complexity index is 386. The van der Waals surface area contributed by atoms with Crippen molar-refractivity contribution in [2.75, 3.05) is 5.32 Å². The van der Waals surface area contributed by atoms with Gasteiger partial charge in [0.05, 0.1) is 6.10 Å². The van der Waals surface area contributed by atoms with Crippen LogP contribution in [0.1, 0.15) is 26.7 Å². The van der Waals surface area contributed by atoms with E-state index in [9.17, 15) is 4.79 Å². The summed E-state index contributed by atoms with van der Waals surface area (Å²) in [5, 5.41) is 2.80. The zero-order valence-electron chi connectivity index (χ0n) is 9.56. The fourth-order valence-corrected chi connectivity index (χ4v) is 1.40. The molecule has 1 fully saturated rings. The molecule has 86 valence electrons. The number of ether oxygens (including phenoxy) is 1. The monoisotopic (exact) mass is 220 g/mol. The first kappa shape index (κ1) is 10.9. The molecule has 0 saturated heterocycles. The molecular formula is C12H16N2O2. The third-order valence-electron chi connectivity index (χ3n) is 2.32. The summed E-state index contributed by atoms with van der Waals surface area (Å²) in [5.41, 5.74) is 0. The molecule has 4 nitrogen and oxygen atoms in total. The Morgan fingerprint density at radius 2 is 2.31 bits per heavy atom. The predicted octanol–water partition coefficient (Wildman–Crippen LogP) is 2.22. The van der Waals surface area contributed by atoms with Gasteiger partial charge in [-0.1, -0.05) is 0 Å². The van der Waals surface area contributed by atoms with Crippen LogP contribution in [0.25, 0.3) is 0 Å². The SMILES string of the molecule is CC(C)Oc1cccnc1NC(=O)C1CC1. The second-order valence-corrected chi connectivity index (χ2v) is 4.28. The average Bonchev–Trinajstić information content (AvgIpc) is 3.03. The van der Waals surface area contributed by atoms with Crippen LogP contribution in [0.2, 0.25) is 0 Å². The number of anilines is 1. The minimum absolute atomic E-state index is 0.0484. The maximum Gasteiger partial charge on any atom is 0.228 e. The zero-order chi connectivity index (χ0) is 11.5. The van der Waals surface area contributed by atoms with Crippen LogP contribution >= 0.6 is 0 Å². The summed E-state index contributed by atoms with van der Waals surface area (Å²) < 4.78 is 5.57.